The van der Waals surface area contributed by atoms with Crippen LogP contribution in [-0.2, 0) is 6.42 Å². The maximum Gasteiger partial charge on any atom is 0.319 e. The number of carbonyl (C=O) groups is 1. The van der Waals surface area contributed by atoms with Crippen molar-refractivity contribution < 1.29 is 9.18 Å². The molecule has 0 saturated heterocycles. The Labute approximate surface area is 117 Å². The van der Waals surface area contributed by atoms with E-state index < -0.39 is 0 Å². The summed E-state index contributed by atoms with van der Waals surface area (Å²) in [6.45, 7) is 2.60. The fraction of sp³-hybridized carbons (Fsp3) is 0.188. The number of halogens is 1. The zero-order valence-electron chi connectivity index (χ0n) is 11.3. The summed E-state index contributed by atoms with van der Waals surface area (Å²) in [6.07, 6.45) is 0.781. The molecular weight excluding hydrogens is 255 g/mol. The van der Waals surface area contributed by atoms with Gasteiger partial charge in [0.15, 0.2) is 0 Å². The van der Waals surface area contributed by atoms with E-state index in [0.717, 1.165) is 6.42 Å². The van der Waals surface area contributed by atoms with E-state index >= 15 is 0 Å². The van der Waals surface area contributed by atoms with Gasteiger partial charge in [-0.25, -0.2) is 9.18 Å². The molecule has 2 N–H and O–H groups in total. The number of nitrogens with one attached hydrogen (secondary N) is 2. The fourth-order valence-corrected chi connectivity index (χ4v) is 1.91. The van der Waals surface area contributed by atoms with Crippen LogP contribution in [0.4, 0.5) is 14.9 Å². The van der Waals surface area contributed by atoms with Gasteiger partial charge in [0.05, 0.1) is 0 Å². The standard InChI is InChI=1S/C16H17FN2O/c1-12-4-2-3-5-13(12)10-11-18-16(20)19-15-8-6-14(17)7-9-15/h2-9H,10-11H2,1H3,(H2,18,19,20). The molecule has 2 aromatic carbocycles. The smallest absolute Gasteiger partial charge is 0.319 e. The predicted octanol–water partition coefficient (Wildman–Crippen LogP) is 3.50. The van der Waals surface area contributed by atoms with E-state index in [-0.39, 0.29) is 11.8 Å². The summed E-state index contributed by atoms with van der Waals surface area (Å²) in [7, 11) is 0. The summed E-state index contributed by atoms with van der Waals surface area (Å²) >= 11 is 0. The quantitative estimate of drug-likeness (QED) is 0.878. The molecule has 0 aliphatic carbocycles. The molecule has 2 aromatic rings. The van der Waals surface area contributed by atoms with E-state index in [9.17, 15) is 9.18 Å². The Morgan fingerprint density at radius 1 is 1.10 bits per heavy atom. The molecule has 0 bridgehead atoms. The Morgan fingerprint density at radius 3 is 2.50 bits per heavy atom. The Hall–Kier alpha value is -2.36. The molecule has 0 aliphatic rings. The maximum absolute atomic E-state index is 12.7. The minimum absolute atomic E-state index is 0.287. The maximum atomic E-state index is 12.7. The number of urea groups is 1. The van der Waals surface area contributed by atoms with Crippen LogP contribution in [0.3, 0.4) is 0 Å². The van der Waals surface area contributed by atoms with Crippen LogP contribution in [0.2, 0.25) is 0 Å². The van der Waals surface area contributed by atoms with Crippen LogP contribution >= 0.6 is 0 Å². The van der Waals surface area contributed by atoms with Crippen LogP contribution < -0.4 is 10.6 Å². The first-order chi connectivity index (χ1) is 9.65. The van der Waals surface area contributed by atoms with Gasteiger partial charge in [-0.2, -0.15) is 0 Å². The second-order valence-electron chi connectivity index (χ2n) is 4.56. The molecule has 0 radical (unpaired) electrons. The molecule has 0 aromatic heterocycles. The van der Waals surface area contributed by atoms with E-state index in [0.29, 0.717) is 12.2 Å². The minimum Gasteiger partial charge on any atom is -0.338 e. The minimum atomic E-state index is -0.324. The van der Waals surface area contributed by atoms with Crippen molar-refractivity contribution in [2.24, 2.45) is 0 Å². The molecule has 2 amide bonds. The summed E-state index contributed by atoms with van der Waals surface area (Å²) in [5.41, 5.74) is 3.00. The number of hydrogen-bond acceptors (Lipinski definition) is 1. The summed E-state index contributed by atoms with van der Waals surface area (Å²) in [5.74, 6) is -0.324. The average Bonchev–Trinajstić information content (AvgIpc) is 2.43. The second-order valence-corrected chi connectivity index (χ2v) is 4.56. The summed E-state index contributed by atoms with van der Waals surface area (Å²) < 4.78 is 12.7. The first-order valence-corrected chi connectivity index (χ1v) is 6.50. The number of amides is 2. The van der Waals surface area contributed by atoms with Crippen molar-refractivity contribution in [3.8, 4) is 0 Å². The van der Waals surface area contributed by atoms with Crippen LogP contribution in [0.25, 0.3) is 0 Å². The van der Waals surface area contributed by atoms with Crippen LogP contribution in [-0.4, -0.2) is 12.6 Å². The van der Waals surface area contributed by atoms with Crippen LogP contribution in [0.5, 0.6) is 0 Å². The molecule has 20 heavy (non-hydrogen) atoms. The lowest BCUT2D eigenvalue weighted by Gasteiger charge is -2.09. The van der Waals surface area contributed by atoms with Gasteiger partial charge in [0, 0.05) is 12.2 Å². The lowest BCUT2D eigenvalue weighted by atomic mass is 10.1. The second kappa shape index (κ2) is 6.70. The number of carbonyl (C=O) groups excluding carboxylic acids is 1. The van der Waals surface area contributed by atoms with Gasteiger partial charge < -0.3 is 10.6 Å². The lowest BCUT2D eigenvalue weighted by molar-refractivity contribution is 0.252. The van der Waals surface area contributed by atoms with E-state index in [4.69, 9.17) is 0 Å². The third-order valence-electron chi connectivity index (χ3n) is 3.04. The molecule has 0 spiro atoms. The molecule has 0 unspecified atom stereocenters. The predicted molar refractivity (Wildman–Crippen MR) is 78.3 cm³/mol. The third kappa shape index (κ3) is 4.09. The highest BCUT2D eigenvalue weighted by atomic mass is 19.1. The third-order valence-corrected chi connectivity index (χ3v) is 3.04. The van der Waals surface area contributed by atoms with Crippen LogP contribution in [0.15, 0.2) is 48.5 Å². The van der Waals surface area contributed by atoms with Crippen molar-refractivity contribution in [3.63, 3.8) is 0 Å². The Balaban J connectivity index is 1.78. The highest BCUT2D eigenvalue weighted by molar-refractivity contribution is 5.89. The van der Waals surface area contributed by atoms with Crippen LogP contribution in [0, 0.1) is 12.7 Å². The average molecular weight is 272 g/mol. The molecule has 0 fully saturated rings. The summed E-state index contributed by atoms with van der Waals surface area (Å²) in [4.78, 5) is 11.7. The zero-order chi connectivity index (χ0) is 14.4. The Kier molecular flexibility index (Phi) is 4.71. The molecule has 0 heterocycles. The van der Waals surface area contributed by atoms with Gasteiger partial charge in [0.1, 0.15) is 5.82 Å². The number of anilines is 1. The number of rotatable bonds is 4. The van der Waals surface area contributed by atoms with Crippen molar-refractivity contribution in [3.05, 3.63) is 65.5 Å². The van der Waals surface area contributed by atoms with Crippen molar-refractivity contribution >= 4 is 11.7 Å². The van der Waals surface area contributed by atoms with E-state index in [1.54, 1.807) is 0 Å². The normalized spacial score (nSPS) is 10.1. The Morgan fingerprint density at radius 2 is 1.80 bits per heavy atom. The lowest BCUT2D eigenvalue weighted by Crippen LogP contribution is -2.30. The van der Waals surface area contributed by atoms with Gasteiger partial charge in [0.25, 0.3) is 0 Å². The van der Waals surface area contributed by atoms with E-state index in [1.807, 2.05) is 25.1 Å². The summed E-state index contributed by atoms with van der Waals surface area (Å²) in [6, 6.07) is 13.5. The summed E-state index contributed by atoms with van der Waals surface area (Å²) in [5, 5.41) is 5.43. The van der Waals surface area contributed by atoms with E-state index in [2.05, 4.69) is 16.7 Å². The zero-order valence-corrected chi connectivity index (χ0v) is 11.3. The van der Waals surface area contributed by atoms with Gasteiger partial charge in [-0.05, 0) is 48.7 Å². The van der Waals surface area contributed by atoms with Gasteiger partial charge in [-0.15, -0.1) is 0 Å². The first kappa shape index (κ1) is 14.1. The molecule has 4 heteroatoms. The van der Waals surface area contributed by atoms with Crippen LogP contribution in [0.1, 0.15) is 11.1 Å². The molecule has 104 valence electrons. The van der Waals surface area contributed by atoms with Gasteiger partial charge in [-0.3, -0.25) is 0 Å². The van der Waals surface area contributed by atoms with Gasteiger partial charge in [0.2, 0.25) is 0 Å². The number of benzene rings is 2. The molecule has 3 nitrogen and oxygen atoms in total. The number of aryl methyl sites for hydroxylation is 1. The highest BCUT2D eigenvalue weighted by Crippen LogP contribution is 2.08. The molecular formula is C16H17FN2O. The monoisotopic (exact) mass is 272 g/mol. The molecule has 0 saturated carbocycles. The molecule has 2 rings (SSSR count). The first-order valence-electron chi connectivity index (χ1n) is 6.50. The molecule has 0 atom stereocenters. The SMILES string of the molecule is Cc1ccccc1CCNC(=O)Nc1ccc(F)cc1. The van der Waals surface area contributed by atoms with Crippen molar-refractivity contribution in [1.29, 1.82) is 0 Å². The number of hydrogen-bond donors (Lipinski definition) is 2. The molecule has 0 aliphatic heterocycles. The van der Waals surface area contributed by atoms with Crippen molar-refractivity contribution in [2.75, 3.05) is 11.9 Å². The highest BCUT2D eigenvalue weighted by Gasteiger charge is 2.02. The van der Waals surface area contributed by atoms with Gasteiger partial charge >= 0.3 is 6.03 Å². The van der Waals surface area contributed by atoms with E-state index in [1.165, 1.54) is 35.4 Å². The topological polar surface area (TPSA) is 41.1 Å². The van der Waals surface area contributed by atoms with Crippen molar-refractivity contribution in [1.82, 2.24) is 5.32 Å². The fourth-order valence-electron chi connectivity index (χ4n) is 1.91. The van der Waals surface area contributed by atoms with Gasteiger partial charge in [-0.1, -0.05) is 24.3 Å². The largest absolute Gasteiger partial charge is 0.338 e. The van der Waals surface area contributed by atoms with Crippen molar-refractivity contribution in [2.45, 2.75) is 13.3 Å². The Bertz CT molecular complexity index is 581.